The maximum Gasteiger partial charge on any atom is 0.435 e. The highest BCUT2D eigenvalue weighted by Gasteiger charge is 2.73. The topological polar surface area (TPSA) is 91.8 Å². The van der Waals surface area contributed by atoms with E-state index in [1.54, 1.807) is 6.92 Å². The molecule has 1 amide bonds. The van der Waals surface area contributed by atoms with Gasteiger partial charge in [0.15, 0.2) is 9.84 Å². The Balaban J connectivity index is 1.73. The number of carbonyl (C=O) groups is 2. The normalized spacial score (nSPS) is 25.2. The Morgan fingerprint density at radius 1 is 0.886 bits per heavy atom. The SMILES string of the molecule is CCC1(C(=O)O)CCC(C(=O)N2CC[C@](c3ccc(C(F)(C(F)(F)F)C(F)(F)F)cc3)(S(=O)(=O)c3ccc(F)cc3)C2)CC1. The first kappa shape index (κ1) is 33.7. The summed E-state index contributed by atoms with van der Waals surface area (Å²) >= 11 is 0. The van der Waals surface area contributed by atoms with Crippen LogP contribution in [0.5, 0.6) is 0 Å². The number of carboxylic acids is 1. The summed E-state index contributed by atoms with van der Waals surface area (Å²) in [4.78, 5) is 26.2. The van der Waals surface area contributed by atoms with E-state index in [1.807, 2.05) is 0 Å². The van der Waals surface area contributed by atoms with Crippen LogP contribution in [0.4, 0.5) is 35.1 Å². The lowest BCUT2D eigenvalue weighted by atomic mass is 9.68. The maximum atomic E-state index is 14.7. The summed E-state index contributed by atoms with van der Waals surface area (Å²) < 4.78 is 134. The van der Waals surface area contributed by atoms with E-state index < -0.39 is 78.6 Å². The molecule has 15 heteroatoms. The summed E-state index contributed by atoms with van der Waals surface area (Å²) in [5.74, 6) is -2.85. The second kappa shape index (κ2) is 11.3. The molecule has 6 nitrogen and oxygen atoms in total. The molecular weight excluding hydrogens is 626 g/mol. The van der Waals surface area contributed by atoms with Crippen LogP contribution in [0.25, 0.3) is 0 Å². The quantitative estimate of drug-likeness (QED) is 0.265. The van der Waals surface area contributed by atoms with Crippen LogP contribution in [0.1, 0.15) is 56.6 Å². The average Bonchev–Trinajstić information content (AvgIpc) is 3.43. The number of nitrogens with zero attached hydrogens (tertiary/aromatic N) is 1. The van der Waals surface area contributed by atoms with Gasteiger partial charge >= 0.3 is 24.0 Å². The maximum absolute atomic E-state index is 14.7. The van der Waals surface area contributed by atoms with Crippen LogP contribution < -0.4 is 0 Å². The fourth-order valence-corrected chi connectivity index (χ4v) is 8.38. The number of halogens is 8. The van der Waals surface area contributed by atoms with Gasteiger partial charge in [0.1, 0.15) is 10.6 Å². The number of rotatable bonds is 7. The second-order valence-corrected chi connectivity index (χ2v) is 13.7. The molecule has 4 rings (SSSR count). The summed E-state index contributed by atoms with van der Waals surface area (Å²) in [6, 6.07) is 5.38. The van der Waals surface area contributed by atoms with E-state index in [4.69, 9.17) is 0 Å². The summed E-state index contributed by atoms with van der Waals surface area (Å²) in [6.45, 7) is 1.03. The van der Waals surface area contributed by atoms with E-state index in [-0.39, 0.29) is 56.3 Å². The third-order valence-electron chi connectivity index (χ3n) is 9.19. The van der Waals surface area contributed by atoms with Crippen molar-refractivity contribution in [1.29, 1.82) is 0 Å². The first-order valence-electron chi connectivity index (χ1n) is 13.7. The molecular formula is C29H29F8NO5S. The number of hydrogen-bond acceptors (Lipinski definition) is 4. The van der Waals surface area contributed by atoms with Gasteiger partial charge in [-0.3, -0.25) is 9.59 Å². The summed E-state index contributed by atoms with van der Waals surface area (Å²) in [6.07, 6.45) is -11.9. The molecule has 1 saturated carbocycles. The minimum absolute atomic E-state index is 0.159. The first-order chi connectivity index (χ1) is 20.3. The van der Waals surface area contributed by atoms with Gasteiger partial charge in [0.25, 0.3) is 0 Å². The molecule has 2 fully saturated rings. The number of likely N-dealkylation sites (tertiary alicyclic amines) is 1. The Bertz CT molecular complexity index is 1480. The van der Waals surface area contributed by atoms with Gasteiger partial charge in [-0.15, -0.1) is 0 Å². The van der Waals surface area contributed by atoms with Gasteiger partial charge in [0.2, 0.25) is 5.91 Å². The molecule has 0 bridgehead atoms. The third-order valence-corrected chi connectivity index (χ3v) is 11.7. The Hall–Kier alpha value is -3.23. The molecule has 44 heavy (non-hydrogen) atoms. The van der Waals surface area contributed by atoms with Crippen molar-refractivity contribution >= 4 is 21.7 Å². The summed E-state index contributed by atoms with van der Waals surface area (Å²) in [5.41, 5.74) is -8.81. The van der Waals surface area contributed by atoms with Crippen molar-refractivity contribution < 1.29 is 58.2 Å². The second-order valence-electron chi connectivity index (χ2n) is 11.4. The van der Waals surface area contributed by atoms with Crippen LogP contribution in [0.3, 0.4) is 0 Å². The summed E-state index contributed by atoms with van der Waals surface area (Å²) in [5, 5.41) is 9.66. The summed E-state index contributed by atoms with van der Waals surface area (Å²) in [7, 11) is -4.58. The van der Waals surface area contributed by atoms with Gasteiger partial charge < -0.3 is 10.0 Å². The minimum Gasteiger partial charge on any atom is -0.481 e. The van der Waals surface area contributed by atoms with Gasteiger partial charge in [-0.05, 0) is 68.4 Å². The Morgan fingerprint density at radius 3 is 1.86 bits per heavy atom. The number of hydrogen-bond donors (Lipinski definition) is 1. The monoisotopic (exact) mass is 655 g/mol. The first-order valence-corrected chi connectivity index (χ1v) is 15.2. The molecule has 2 aromatic carbocycles. The van der Waals surface area contributed by atoms with Gasteiger partial charge in [-0.1, -0.05) is 31.2 Å². The van der Waals surface area contributed by atoms with E-state index in [1.165, 1.54) is 4.90 Å². The zero-order valence-corrected chi connectivity index (χ0v) is 24.1. The lowest BCUT2D eigenvalue weighted by Crippen LogP contribution is -2.50. The largest absolute Gasteiger partial charge is 0.481 e. The third kappa shape index (κ3) is 5.34. The molecule has 0 spiro atoms. The van der Waals surface area contributed by atoms with Crippen LogP contribution in [0, 0.1) is 17.2 Å². The van der Waals surface area contributed by atoms with Gasteiger partial charge in [-0.25, -0.2) is 17.2 Å². The smallest absolute Gasteiger partial charge is 0.435 e. The van der Waals surface area contributed by atoms with Gasteiger partial charge in [-0.2, -0.15) is 26.3 Å². The highest BCUT2D eigenvalue weighted by atomic mass is 32.2. The van der Waals surface area contributed by atoms with Gasteiger partial charge in [0.05, 0.1) is 10.3 Å². The molecule has 0 unspecified atom stereocenters. The number of benzene rings is 2. The predicted octanol–water partition coefficient (Wildman–Crippen LogP) is 6.69. The lowest BCUT2D eigenvalue weighted by molar-refractivity contribution is -0.348. The van der Waals surface area contributed by atoms with Crippen molar-refractivity contribution in [3.63, 3.8) is 0 Å². The zero-order valence-electron chi connectivity index (χ0n) is 23.3. The molecule has 1 heterocycles. The average molecular weight is 656 g/mol. The predicted molar refractivity (Wildman–Crippen MR) is 140 cm³/mol. The molecule has 2 aromatic rings. The minimum atomic E-state index is -6.38. The number of aliphatic carboxylic acids is 1. The molecule has 2 aliphatic rings. The zero-order chi connectivity index (χ0) is 32.9. The fourth-order valence-electron chi connectivity index (χ4n) is 6.31. The molecule has 0 radical (unpaired) electrons. The molecule has 0 aromatic heterocycles. The van der Waals surface area contributed by atoms with Crippen LogP contribution in [0.2, 0.25) is 0 Å². The van der Waals surface area contributed by atoms with E-state index in [9.17, 15) is 58.2 Å². The van der Waals surface area contributed by atoms with Crippen molar-refractivity contribution in [3.05, 3.63) is 65.5 Å². The molecule has 1 saturated heterocycles. The van der Waals surface area contributed by atoms with Crippen LogP contribution in [0.15, 0.2) is 53.4 Å². The van der Waals surface area contributed by atoms with Crippen LogP contribution in [-0.2, 0) is 29.8 Å². The number of carbonyl (C=O) groups excluding carboxylic acids is 1. The van der Waals surface area contributed by atoms with Crippen LogP contribution in [-0.4, -0.2) is 55.7 Å². The highest BCUT2D eigenvalue weighted by molar-refractivity contribution is 7.92. The molecule has 1 aliphatic heterocycles. The Morgan fingerprint density at radius 2 is 1.41 bits per heavy atom. The van der Waals surface area contributed by atoms with Crippen molar-refractivity contribution in [1.82, 2.24) is 4.90 Å². The number of sulfone groups is 1. The molecule has 1 aliphatic carbocycles. The van der Waals surface area contributed by atoms with Crippen molar-refractivity contribution in [2.45, 2.75) is 73.1 Å². The lowest BCUT2D eigenvalue weighted by Gasteiger charge is -2.37. The molecule has 242 valence electrons. The van der Waals surface area contributed by atoms with Crippen molar-refractivity contribution in [2.24, 2.45) is 11.3 Å². The van der Waals surface area contributed by atoms with Gasteiger partial charge in [0, 0.05) is 24.6 Å². The Labute approximate surface area is 248 Å². The van der Waals surface area contributed by atoms with E-state index in [0.717, 1.165) is 24.3 Å². The standard InChI is InChI=1S/C29H29F8NO5S/c1-2-25(24(40)41)13-11-18(12-14-25)23(39)38-16-15-26(17-38,44(42,43)22-9-7-21(30)8-10-22)19-3-5-20(6-4-19)27(31,28(32,33)34)29(35,36)37/h3-10,18H,2,11-17H2,1H3,(H,40,41)/t18?,25?,26-/m0/s1. The van der Waals surface area contributed by atoms with E-state index in [2.05, 4.69) is 0 Å². The van der Waals surface area contributed by atoms with Crippen molar-refractivity contribution in [3.8, 4) is 0 Å². The fraction of sp³-hybridized carbons (Fsp3) is 0.517. The number of alkyl halides is 7. The number of carboxylic acid groups (broad SMARTS) is 1. The molecule has 1 atom stereocenters. The van der Waals surface area contributed by atoms with Crippen LogP contribution >= 0.6 is 0 Å². The van der Waals surface area contributed by atoms with Crippen molar-refractivity contribution in [2.75, 3.05) is 13.1 Å². The highest BCUT2D eigenvalue weighted by Crippen LogP contribution is 2.54. The number of amides is 1. The van der Waals surface area contributed by atoms with E-state index in [0.29, 0.717) is 18.6 Å². The molecule has 1 N–H and O–H groups in total. The van der Waals surface area contributed by atoms with E-state index >= 15 is 0 Å². The Kier molecular flexibility index (Phi) is 8.64.